The number of nitrogens with one attached hydrogen (secondary N) is 1. The van der Waals surface area contributed by atoms with Crippen molar-refractivity contribution in [2.75, 3.05) is 27.3 Å². The number of aliphatic hydroxyl groups excluding tert-OH is 1. The van der Waals surface area contributed by atoms with E-state index in [9.17, 15) is 9.90 Å². The van der Waals surface area contributed by atoms with Gasteiger partial charge in [0.15, 0.2) is 0 Å². The average molecular weight is 473 g/mol. The van der Waals surface area contributed by atoms with E-state index in [0.717, 1.165) is 60.7 Å². The molecule has 6 heteroatoms. The lowest BCUT2D eigenvalue weighted by Crippen LogP contribution is -2.49. The van der Waals surface area contributed by atoms with Gasteiger partial charge in [-0.3, -0.25) is 9.69 Å². The van der Waals surface area contributed by atoms with Gasteiger partial charge in [-0.15, -0.1) is 0 Å². The number of carbonyl (C=O) groups is 1. The molecular weight excluding hydrogens is 440 g/mol. The van der Waals surface area contributed by atoms with Gasteiger partial charge in [0.1, 0.15) is 11.5 Å². The monoisotopic (exact) mass is 472 g/mol. The standard InChI is InChI=1S/C29H32N2O4/c1-34-22-12-13-25(35-2)21(18-22)19-31-16-14-29(15-17-31)24-11-7-6-10-23(24)26(27(29)32)30-28(33)20-8-4-3-5-9-20/h3-13,18,26-27,32H,14-17,19H2,1-2H3,(H,30,33)/t26-,27+/m1/s1. The number of rotatable bonds is 6. The first-order chi connectivity index (χ1) is 17.1. The Hall–Kier alpha value is -3.35. The molecule has 6 nitrogen and oxygen atoms in total. The summed E-state index contributed by atoms with van der Waals surface area (Å²) in [5.41, 5.74) is 3.49. The first-order valence-corrected chi connectivity index (χ1v) is 12.1. The highest BCUT2D eigenvalue weighted by molar-refractivity contribution is 5.94. The van der Waals surface area contributed by atoms with E-state index in [4.69, 9.17) is 9.47 Å². The molecule has 1 saturated heterocycles. The first-order valence-electron chi connectivity index (χ1n) is 12.1. The lowest BCUT2D eigenvalue weighted by molar-refractivity contribution is 0.0191. The van der Waals surface area contributed by atoms with Crippen molar-refractivity contribution in [3.63, 3.8) is 0 Å². The molecule has 1 spiro atoms. The van der Waals surface area contributed by atoms with Crippen molar-refractivity contribution in [2.45, 2.75) is 36.9 Å². The molecule has 3 aromatic carbocycles. The van der Waals surface area contributed by atoms with Crippen LogP contribution in [-0.2, 0) is 12.0 Å². The fourth-order valence-electron chi connectivity index (χ4n) is 5.76. The number of methoxy groups -OCH3 is 2. The Bertz CT molecular complexity index is 1190. The van der Waals surface area contributed by atoms with E-state index in [0.29, 0.717) is 5.56 Å². The molecule has 0 bridgehead atoms. The van der Waals surface area contributed by atoms with Gasteiger partial charge in [0, 0.05) is 23.1 Å². The molecule has 2 aliphatic rings. The van der Waals surface area contributed by atoms with Gasteiger partial charge in [-0.1, -0.05) is 42.5 Å². The predicted molar refractivity (Wildman–Crippen MR) is 135 cm³/mol. The van der Waals surface area contributed by atoms with E-state index in [1.54, 1.807) is 26.4 Å². The van der Waals surface area contributed by atoms with Crippen molar-refractivity contribution in [1.29, 1.82) is 0 Å². The largest absolute Gasteiger partial charge is 0.497 e. The van der Waals surface area contributed by atoms with Gasteiger partial charge >= 0.3 is 0 Å². The zero-order chi connectivity index (χ0) is 24.4. The zero-order valence-electron chi connectivity index (χ0n) is 20.2. The van der Waals surface area contributed by atoms with Gasteiger partial charge in [-0.25, -0.2) is 0 Å². The number of fused-ring (bicyclic) bond motifs is 2. The third kappa shape index (κ3) is 4.28. The van der Waals surface area contributed by atoms with Crippen molar-refractivity contribution >= 4 is 5.91 Å². The van der Waals surface area contributed by atoms with E-state index in [1.807, 2.05) is 54.6 Å². The van der Waals surface area contributed by atoms with Crippen molar-refractivity contribution in [2.24, 2.45) is 0 Å². The number of hydrogen-bond acceptors (Lipinski definition) is 5. The van der Waals surface area contributed by atoms with Crippen LogP contribution in [0.2, 0.25) is 0 Å². The van der Waals surface area contributed by atoms with E-state index >= 15 is 0 Å². The molecule has 0 radical (unpaired) electrons. The van der Waals surface area contributed by atoms with Crippen LogP contribution in [0.3, 0.4) is 0 Å². The molecule has 2 atom stereocenters. The van der Waals surface area contributed by atoms with Crippen LogP contribution in [0.15, 0.2) is 72.8 Å². The molecule has 35 heavy (non-hydrogen) atoms. The van der Waals surface area contributed by atoms with Gasteiger partial charge in [0.25, 0.3) is 5.91 Å². The first kappa shape index (κ1) is 23.4. The number of piperidine rings is 1. The Morgan fingerprint density at radius 3 is 2.43 bits per heavy atom. The van der Waals surface area contributed by atoms with Crippen LogP contribution in [0, 0.1) is 0 Å². The minimum Gasteiger partial charge on any atom is -0.497 e. The van der Waals surface area contributed by atoms with Crippen LogP contribution in [-0.4, -0.2) is 49.3 Å². The normalized spacial score (nSPS) is 20.9. The number of aliphatic hydroxyl groups is 1. The van der Waals surface area contributed by atoms with Crippen molar-refractivity contribution in [3.05, 3.63) is 95.1 Å². The second-order valence-corrected chi connectivity index (χ2v) is 9.46. The Kier molecular flexibility index (Phi) is 6.50. The highest BCUT2D eigenvalue weighted by Crippen LogP contribution is 2.51. The fraction of sp³-hybridized carbons (Fsp3) is 0.345. The Balaban J connectivity index is 1.34. The molecule has 1 aliphatic heterocycles. The molecule has 3 aromatic rings. The third-order valence-corrected chi connectivity index (χ3v) is 7.67. The summed E-state index contributed by atoms with van der Waals surface area (Å²) >= 11 is 0. The van der Waals surface area contributed by atoms with Crippen molar-refractivity contribution in [3.8, 4) is 11.5 Å². The zero-order valence-corrected chi connectivity index (χ0v) is 20.2. The highest BCUT2D eigenvalue weighted by Gasteiger charge is 2.52. The average Bonchev–Trinajstić information content (AvgIpc) is 3.13. The lowest BCUT2D eigenvalue weighted by atomic mass is 9.72. The SMILES string of the molecule is COc1ccc(OC)c(CN2CCC3(CC2)c2ccccc2[C@@H](NC(=O)c2ccccc2)[C@@H]3O)c1. The molecule has 1 heterocycles. The molecule has 1 amide bonds. The van der Waals surface area contributed by atoms with Crippen molar-refractivity contribution in [1.82, 2.24) is 10.2 Å². The molecular formula is C29H32N2O4. The number of carbonyl (C=O) groups excluding carboxylic acids is 1. The van der Waals surface area contributed by atoms with Crippen LogP contribution < -0.4 is 14.8 Å². The number of hydrogen-bond donors (Lipinski definition) is 2. The summed E-state index contributed by atoms with van der Waals surface area (Å²) in [5, 5.41) is 14.8. The van der Waals surface area contributed by atoms with Crippen LogP contribution in [0.4, 0.5) is 0 Å². The van der Waals surface area contributed by atoms with E-state index in [1.165, 1.54) is 0 Å². The molecule has 0 aromatic heterocycles. The molecule has 0 unspecified atom stereocenters. The molecule has 2 N–H and O–H groups in total. The highest BCUT2D eigenvalue weighted by atomic mass is 16.5. The quantitative estimate of drug-likeness (QED) is 0.566. The molecule has 0 saturated carbocycles. The number of likely N-dealkylation sites (tertiary alicyclic amines) is 1. The minimum atomic E-state index is -0.680. The van der Waals surface area contributed by atoms with Crippen LogP contribution in [0.1, 0.15) is 45.9 Å². The topological polar surface area (TPSA) is 71.0 Å². The van der Waals surface area contributed by atoms with E-state index < -0.39 is 12.1 Å². The summed E-state index contributed by atoms with van der Waals surface area (Å²) < 4.78 is 11.0. The summed E-state index contributed by atoms with van der Waals surface area (Å²) in [5.74, 6) is 1.50. The fourth-order valence-corrected chi connectivity index (χ4v) is 5.76. The number of ether oxygens (including phenoxy) is 2. The van der Waals surface area contributed by atoms with Gasteiger partial charge in [-0.05, 0) is 67.4 Å². The lowest BCUT2D eigenvalue weighted by Gasteiger charge is -2.43. The molecule has 182 valence electrons. The summed E-state index contributed by atoms with van der Waals surface area (Å²) in [6.07, 6.45) is 0.950. The van der Waals surface area contributed by atoms with Gasteiger partial charge in [0.2, 0.25) is 0 Å². The summed E-state index contributed by atoms with van der Waals surface area (Å²) in [4.78, 5) is 15.3. The maximum absolute atomic E-state index is 12.9. The second-order valence-electron chi connectivity index (χ2n) is 9.46. The van der Waals surface area contributed by atoms with Crippen molar-refractivity contribution < 1.29 is 19.4 Å². The number of amides is 1. The minimum absolute atomic E-state index is 0.163. The predicted octanol–water partition coefficient (Wildman–Crippen LogP) is 4.08. The maximum atomic E-state index is 12.9. The van der Waals surface area contributed by atoms with Crippen LogP contribution >= 0.6 is 0 Å². The van der Waals surface area contributed by atoms with E-state index in [2.05, 4.69) is 16.3 Å². The molecule has 1 fully saturated rings. The summed E-state index contributed by atoms with van der Waals surface area (Å²) in [7, 11) is 3.36. The van der Waals surface area contributed by atoms with Gasteiger partial charge in [0.05, 0.1) is 26.4 Å². The van der Waals surface area contributed by atoms with Crippen LogP contribution in [0.25, 0.3) is 0 Å². The number of benzene rings is 3. The Morgan fingerprint density at radius 2 is 1.71 bits per heavy atom. The van der Waals surface area contributed by atoms with Gasteiger partial charge < -0.3 is 19.9 Å². The second kappa shape index (κ2) is 9.72. The molecule has 5 rings (SSSR count). The Morgan fingerprint density at radius 1 is 1.00 bits per heavy atom. The smallest absolute Gasteiger partial charge is 0.251 e. The molecule has 1 aliphatic carbocycles. The van der Waals surface area contributed by atoms with E-state index in [-0.39, 0.29) is 11.3 Å². The number of nitrogens with zero attached hydrogens (tertiary/aromatic N) is 1. The third-order valence-electron chi connectivity index (χ3n) is 7.67. The van der Waals surface area contributed by atoms with Gasteiger partial charge in [-0.2, -0.15) is 0 Å². The maximum Gasteiger partial charge on any atom is 0.251 e. The van der Waals surface area contributed by atoms with Crippen LogP contribution in [0.5, 0.6) is 11.5 Å². The summed E-state index contributed by atoms with van der Waals surface area (Å²) in [6, 6.07) is 22.8. The summed E-state index contributed by atoms with van der Waals surface area (Å²) in [6.45, 7) is 2.43. The Labute approximate surface area is 206 Å².